The lowest BCUT2D eigenvalue weighted by Gasteiger charge is -2.22. The maximum Gasteiger partial charge on any atom is 0.253 e. The molecule has 1 fully saturated rings. The molecule has 6 heteroatoms. The van der Waals surface area contributed by atoms with Crippen LogP contribution in [-0.2, 0) is 0 Å². The van der Waals surface area contributed by atoms with Gasteiger partial charge < -0.3 is 10.6 Å². The summed E-state index contributed by atoms with van der Waals surface area (Å²) in [7, 11) is 0. The van der Waals surface area contributed by atoms with E-state index in [4.69, 9.17) is 5.73 Å². The monoisotopic (exact) mass is 341 g/mol. The third-order valence-electron chi connectivity index (χ3n) is 4.19. The number of nitrogens with two attached hydrogens (primary N) is 1. The highest BCUT2D eigenvalue weighted by atomic mass is 35.5. The molecule has 1 amide bonds. The number of halogens is 2. The van der Waals surface area contributed by atoms with Gasteiger partial charge in [0, 0.05) is 30.2 Å². The fourth-order valence-electron chi connectivity index (χ4n) is 2.75. The van der Waals surface area contributed by atoms with Crippen LogP contribution in [0.5, 0.6) is 0 Å². The first-order chi connectivity index (χ1) is 9.61. The van der Waals surface area contributed by atoms with Crippen molar-refractivity contribution in [3.8, 4) is 0 Å². The molecule has 0 radical (unpaired) electrons. The van der Waals surface area contributed by atoms with E-state index in [-0.39, 0.29) is 36.1 Å². The lowest BCUT2D eigenvalue weighted by atomic mass is 9.90. The molecule has 120 valence electrons. The average Bonchev–Trinajstić information content (AvgIpc) is 2.89. The van der Waals surface area contributed by atoms with Gasteiger partial charge >= 0.3 is 0 Å². The number of carbonyl (C=O) groups is 1. The standard InChI is InChI=1S/C16H19N3O.2ClH/c1-16(10-17)6-8-19(11-16)15(20)13-4-5-14-12(9-13)3-2-7-18-14;;/h2-5,7,9H,6,8,10-11,17H2,1H3;2*1H. The van der Waals surface area contributed by atoms with Gasteiger partial charge in [0.2, 0.25) is 0 Å². The number of amides is 1. The predicted octanol–water partition coefficient (Wildman–Crippen LogP) is 2.89. The molecule has 1 unspecified atom stereocenters. The van der Waals surface area contributed by atoms with Gasteiger partial charge in [0.25, 0.3) is 5.91 Å². The van der Waals surface area contributed by atoms with Gasteiger partial charge in [-0.05, 0) is 42.6 Å². The summed E-state index contributed by atoms with van der Waals surface area (Å²) in [6.07, 6.45) is 2.74. The van der Waals surface area contributed by atoms with E-state index in [1.54, 1.807) is 6.20 Å². The molecule has 0 aliphatic carbocycles. The number of carbonyl (C=O) groups excluding carboxylic acids is 1. The zero-order chi connectivity index (χ0) is 14.2. The molecular formula is C16H21Cl2N3O. The van der Waals surface area contributed by atoms with Crippen LogP contribution in [0.15, 0.2) is 36.5 Å². The van der Waals surface area contributed by atoms with Gasteiger partial charge in [0.15, 0.2) is 0 Å². The van der Waals surface area contributed by atoms with E-state index in [0.717, 1.165) is 36.0 Å². The molecule has 1 saturated heterocycles. The van der Waals surface area contributed by atoms with Gasteiger partial charge in [-0.3, -0.25) is 9.78 Å². The van der Waals surface area contributed by atoms with Crippen LogP contribution in [0.25, 0.3) is 10.9 Å². The molecule has 0 bridgehead atoms. The number of rotatable bonds is 2. The molecule has 2 N–H and O–H groups in total. The molecule has 22 heavy (non-hydrogen) atoms. The second-order valence-corrected chi connectivity index (χ2v) is 5.90. The molecule has 0 spiro atoms. The Balaban J connectivity index is 0.00000121. The Kier molecular flexibility index (Phi) is 6.17. The van der Waals surface area contributed by atoms with Gasteiger partial charge in [-0.1, -0.05) is 13.0 Å². The van der Waals surface area contributed by atoms with Crippen LogP contribution in [0.4, 0.5) is 0 Å². The molecule has 1 aliphatic heterocycles. The van der Waals surface area contributed by atoms with Crippen LogP contribution in [0.2, 0.25) is 0 Å². The minimum atomic E-state index is 0. The SMILES string of the molecule is CC1(CN)CCN(C(=O)c2ccc3ncccc3c2)C1.Cl.Cl. The minimum absolute atomic E-state index is 0. The first kappa shape index (κ1) is 18.7. The number of likely N-dealkylation sites (tertiary alicyclic amines) is 1. The van der Waals surface area contributed by atoms with Crippen LogP contribution < -0.4 is 5.73 Å². The fourth-order valence-corrected chi connectivity index (χ4v) is 2.75. The number of fused-ring (bicyclic) bond motifs is 1. The van der Waals surface area contributed by atoms with E-state index in [2.05, 4.69) is 11.9 Å². The number of benzene rings is 1. The highest BCUT2D eigenvalue weighted by Crippen LogP contribution is 2.29. The van der Waals surface area contributed by atoms with Gasteiger partial charge in [-0.2, -0.15) is 0 Å². The van der Waals surface area contributed by atoms with E-state index in [0.29, 0.717) is 6.54 Å². The van der Waals surface area contributed by atoms with E-state index in [1.165, 1.54) is 0 Å². The molecule has 1 atom stereocenters. The van der Waals surface area contributed by atoms with Gasteiger partial charge in [-0.15, -0.1) is 24.8 Å². The maximum absolute atomic E-state index is 12.6. The van der Waals surface area contributed by atoms with Crippen molar-refractivity contribution in [3.63, 3.8) is 0 Å². The van der Waals surface area contributed by atoms with Crippen molar-refractivity contribution in [2.45, 2.75) is 13.3 Å². The van der Waals surface area contributed by atoms with Crippen LogP contribution in [-0.4, -0.2) is 35.4 Å². The first-order valence-electron chi connectivity index (χ1n) is 6.95. The Hall–Kier alpha value is -1.36. The molecule has 2 heterocycles. The Labute approximate surface area is 142 Å². The van der Waals surface area contributed by atoms with E-state index >= 15 is 0 Å². The van der Waals surface area contributed by atoms with E-state index in [9.17, 15) is 4.79 Å². The van der Waals surface area contributed by atoms with Crippen molar-refractivity contribution in [1.82, 2.24) is 9.88 Å². The van der Waals surface area contributed by atoms with Crippen molar-refractivity contribution in [2.75, 3.05) is 19.6 Å². The summed E-state index contributed by atoms with van der Waals surface area (Å²) in [6, 6.07) is 9.55. The predicted molar refractivity (Wildman–Crippen MR) is 93.9 cm³/mol. The van der Waals surface area contributed by atoms with Gasteiger partial charge in [0.05, 0.1) is 5.52 Å². The summed E-state index contributed by atoms with van der Waals surface area (Å²) in [4.78, 5) is 18.7. The van der Waals surface area contributed by atoms with Crippen LogP contribution in [0.3, 0.4) is 0 Å². The summed E-state index contributed by atoms with van der Waals surface area (Å²) in [5, 5.41) is 0.999. The second kappa shape index (κ2) is 7.27. The highest BCUT2D eigenvalue weighted by molar-refractivity contribution is 5.98. The average molecular weight is 342 g/mol. The quantitative estimate of drug-likeness (QED) is 0.913. The zero-order valence-electron chi connectivity index (χ0n) is 12.5. The van der Waals surface area contributed by atoms with Crippen molar-refractivity contribution >= 4 is 41.6 Å². The largest absolute Gasteiger partial charge is 0.338 e. The molecule has 2 aromatic rings. The number of aromatic nitrogens is 1. The summed E-state index contributed by atoms with van der Waals surface area (Å²) in [5.41, 5.74) is 7.50. The minimum Gasteiger partial charge on any atom is -0.338 e. The first-order valence-corrected chi connectivity index (χ1v) is 6.95. The smallest absolute Gasteiger partial charge is 0.253 e. The lowest BCUT2D eigenvalue weighted by Crippen LogP contribution is -2.34. The number of hydrogen-bond acceptors (Lipinski definition) is 3. The maximum atomic E-state index is 12.6. The summed E-state index contributed by atoms with van der Waals surface area (Å²) < 4.78 is 0. The van der Waals surface area contributed by atoms with Crippen molar-refractivity contribution in [1.29, 1.82) is 0 Å². The highest BCUT2D eigenvalue weighted by Gasteiger charge is 2.35. The number of hydrogen-bond donors (Lipinski definition) is 1. The topological polar surface area (TPSA) is 59.2 Å². The van der Waals surface area contributed by atoms with Gasteiger partial charge in [-0.25, -0.2) is 0 Å². The summed E-state index contributed by atoms with van der Waals surface area (Å²) >= 11 is 0. The molecule has 1 aliphatic rings. The van der Waals surface area contributed by atoms with E-state index < -0.39 is 0 Å². The molecule has 1 aromatic carbocycles. The molecule has 1 aromatic heterocycles. The molecule has 4 nitrogen and oxygen atoms in total. The van der Waals surface area contributed by atoms with Gasteiger partial charge in [0.1, 0.15) is 0 Å². The van der Waals surface area contributed by atoms with Crippen molar-refractivity contribution in [2.24, 2.45) is 11.1 Å². The third-order valence-corrected chi connectivity index (χ3v) is 4.19. The zero-order valence-corrected chi connectivity index (χ0v) is 14.1. The lowest BCUT2D eigenvalue weighted by molar-refractivity contribution is 0.0777. The third kappa shape index (κ3) is 3.51. The fraction of sp³-hybridized carbons (Fsp3) is 0.375. The van der Waals surface area contributed by atoms with E-state index in [1.807, 2.05) is 35.2 Å². The Morgan fingerprint density at radius 2 is 2.14 bits per heavy atom. The Bertz CT molecular complexity index is 665. The van der Waals surface area contributed by atoms with Crippen molar-refractivity contribution < 1.29 is 4.79 Å². The summed E-state index contributed by atoms with van der Waals surface area (Å²) in [6.45, 7) is 4.30. The molecule has 3 rings (SSSR count). The summed E-state index contributed by atoms with van der Waals surface area (Å²) in [5.74, 6) is 0.0907. The van der Waals surface area contributed by atoms with Crippen LogP contribution >= 0.6 is 24.8 Å². The number of nitrogens with zero attached hydrogens (tertiary/aromatic N) is 2. The Morgan fingerprint density at radius 3 is 2.82 bits per heavy atom. The molecule has 0 saturated carbocycles. The second-order valence-electron chi connectivity index (χ2n) is 5.90. The number of pyridine rings is 1. The van der Waals surface area contributed by atoms with Crippen molar-refractivity contribution in [3.05, 3.63) is 42.1 Å². The normalized spacial score (nSPS) is 20.4. The Morgan fingerprint density at radius 1 is 1.36 bits per heavy atom. The molecular weight excluding hydrogens is 321 g/mol. The van der Waals surface area contributed by atoms with Crippen LogP contribution in [0.1, 0.15) is 23.7 Å². The van der Waals surface area contributed by atoms with Crippen LogP contribution in [0, 0.1) is 5.41 Å².